The van der Waals surface area contributed by atoms with Crippen molar-refractivity contribution in [3.63, 3.8) is 0 Å². The monoisotopic (exact) mass is 352 g/mol. The number of hydrogen-bond acceptors (Lipinski definition) is 5. The molecule has 1 amide bonds. The van der Waals surface area contributed by atoms with Crippen molar-refractivity contribution in [2.45, 2.75) is 13.5 Å². The number of esters is 1. The van der Waals surface area contributed by atoms with Gasteiger partial charge in [-0.1, -0.05) is 12.1 Å². The highest BCUT2D eigenvalue weighted by Crippen LogP contribution is 2.25. The van der Waals surface area contributed by atoms with Gasteiger partial charge in [0.2, 0.25) is 0 Å². The van der Waals surface area contributed by atoms with Crippen molar-refractivity contribution in [3.8, 4) is 5.75 Å². The molecule has 0 aliphatic carbocycles. The zero-order valence-electron chi connectivity index (χ0n) is 13.0. The maximum atomic E-state index is 12.3. The fourth-order valence-corrected chi connectivity index (χ4v) is 1.88. The quantitative estimate of drug-likeness (QED) is 0.590. The predicted octanol–water partition coefficient (Wildman–Crippen LogP) is 2.61. The number of ketones is 1. The summed E-state index contributed by atoms with van der Waals surface area (Å²) in [5.74, 6) is -2.02. The number of carbonyl (C=O) groups is 3. The Labute approximate surface area is 140 Å². The van der Waals surface area contributed by atoms with Crippen LogP contribution < -0.4 is 10.1 Å². The molecule has 0 spiro atoms. The van der Waals surface area contributed by atoms with E-state index in [2.05, 4.69) is 15.0 Å². The number of benzene rings is 1. The molecule has 0 aliphatic heterocycles. The lowest BCUT2D eigenvalue weighted by Gasteiger charge is -2.11. The normalized spacial score (nSPS) is 10.4. The molecule has 0 bridgehead atoms. The van der Waals surface area contributed by atoms with E-state index in [1.807, 2.05) is 0 Å². The molecule has 0 radical (unpaired) electrons. The lowest BCUT2D eigenvalue weighted by molar-refractivity contribution is -0.119. The third-order valence-corrected chi connectivity index (χ3v) is 3.02. The molecule has 25 heavy (non-hydrogen) atoms. The summed E-state index contributed by atoms with van der Waals surface area (Å²) in [5.41, 5.74) is 0.330. The van der Waals surface area contributed by atoms with Gasteiger partial charge in [-0.25, -0.2) is 4.79 Å². The Kier molecular flexibility index (Phi) is 5.83. The van der Waals surface area contributed by atoms with Crippen molar-refractivity contribution < 1.29 is 32.6 Å². The van der Waals surface area contributed by atoms with Crippen LogP contribution >= 0.6 is 0 Å². The van der Waals surface area contributed by atoms with Gasteiger partial charge in [-0.3, -0.25) is 9.59 Å². The number of aromatic nitrogens is 1. The molecule has 0 fully saturated rings. The van der Waals surface area contributed by atoms with E-state index in [1.54, 1.807) is 0 Å². The minimum absolute atomic E-state index is 0.0134. The van der Waals surface area contributed by atoms with Gasteiger partial charge in [0.25, 0.3) is 5.91 Å². The topological polar surface area (TPSA) is 97.5 Å². The second-order valence-electron chi connectivity index (χ2n) is 4.86. The fourth-order valence-electron chi connectivity index (χ4n) is 1.88. The predicted molar refractivity (Wildman–Crippen MR) is 82.8 cm³/mol. The standard InChI is InChI=1S/C16H14F2N2O5/c1-9(21)10-6-12(19-7-10)15(23)24-8-14(22)20-11-4-2-3-5-13(11)25-16(17)18/h2-7,16,19H,8H2,1H3,(H,20,22). The van der Waals surface area contributed by atoms with Gasteiger partial charge in [0.05, 0.1) is 5.69 Å². The van der Waals surface area contributed by atoms with Crippen LogP contribution in [0.15, 0.2) is 36.5 Å². The molecule has 0 saturated heterocycles. The second-order valence-corrected chi connectivity index (χ2v) is 4.86. The number of aromatic amines is 1. The van der Waals surface area contributed by atoms with Crippen LogP contribution in [0.2, 0.25) is 0 Å². The van der Waals surface area contributed by atoms with Crippen molar-refractivity contribution in [2.24, 2.45) is 0 Å². The number of amides is 1. The molecule has 1 aromatic heterocycles. The number of rotatable bonds is 7. The van der Waals surface area contributed by atoms with E-state index in [9.17, 15) is 23.2 Å². The van der Waals surface area contributed by atoms with E-state index >= 15 is 0 Å². The average Bonchev–Trinajstić information content (AvgIpc) is 3.04. The van der Waals surface area contributed by atoms with Gasteiger partial charge >= 0.3 is 12.6 Å². The summed E-state index contributed by atoms with van der Waals surface area (Å²) in [6.45, 7) is -2.35. The first-order valence-corrected chi connectivity index (χ1v) is 7.07. The lowest BCUT2D eigenvalue weighted by Crippen LogP contribution is -2.21. The van der Waals surface area contributed by atoms with Crippen LogP contribution in [0.25, 0.3) is 0 Å². The molecule has 2 rings (SSSR count). The Hall–Kier alpha value is -3.23. The summed E-state index contributed by atoms with van der Waals surface area (Å²) in [7, 11) is 0. The number of H-pyrrole nitrogens is 1. The second kappa shape index (κ2) is 8.04. The van der Waals surface area contributed by atoms with Gasteiger partial charge in [-0.2, -0.15) is 8.78 Å². The SMILES string of the molecule is CC(=O)c1c[nH]c(C(=O)OCC(=O)Nc2ccccc2OC(F)F)c1. The molecule has 0 unspecified atom stereocenters. The summed E-state index contributed by atoms with van der Waals surface area (Å²) in [6, 6.07) is 6.90. The summed E-state index contributed by atoms with van der Waals surface area (Å²) < 4.78 is 33.7. The van der Waals surface area contributed by atoms with Crippen molar-refractivity contribution >= 4 is 23.3 Å². The molecule has 1 heterocycles. The van der Waals surface area contributed by atoms with Gasteiger partial charge in [0, 0.05) is 11.8 Å². The van der Waals surface area contributed by atoms with Gasteiger partial charge in [0.15, 0.2) is 12.4 Å². The molecule has 0 aliphatic rings. The van der Waals surface area contributed by atoms with Crippen LogP contribution in [0, 0.1) is 0 Å². The number of para-hydroxylation sites is 2. The van der Waals surface area contributed by atoms with Crippen LogP contribution in [0.5, 0.6) is 5.75 Å². The number of anilines is 1. The number of Topliss-reactive ketones (excluding diaryl/α,β-unsaturated/α-hetero) is 1. The Bertz CT molecular complexity index is 788. The Balaban J connectivity index is 1.92. The first-order chi connectivity index (χ1) is 11.9. The summed E-state index contributed by atoms with van der Waals surface area (Å²) >= 11 is 0. The smallest absolute Gasteiger partial charge is 0.387 e. The van der Waals surface area contributed by atoms with Crippen LogP contribution in [-0.4, -0.2) is 35.9 Å². The van der Waals surface area contributed by atoms with Crippen LogP contribution in [0.4, 0.5) is 14.5 Å². The first kappa shape index (κ1) is 18.1. The van der Waals surface area contributed by atoms with Crippen LogP contribution in [0.3, 0.4) is 0 Å². The van der Waals surface area contributed by atoms with Gasteiger partial charge in [0.1, 0.15) is 11.4 Å². The van der Waals surface area contributed by atoms with Crippen molar-refractivity contribution in [2.75, 3.05) is 11.9 Å². The van der Waals surface area contributed by atoms with E-state index in [0.29, 0.717) is 5.56 Å². The van der Waals surface area contributed by atoms with E-state index in [4.69, 9.17) is 4.74 Å². The highest BCUT2D eigenvalue weighted by atomic mass is 19.3. The third kappa shape index (κ3) is 5.13. The van der Waals surface area contributed by atoms with E-state index < -0.39 is 25.1 Å². The maximum absolute atomic E-state index is 12.3. The largest absolute Gasteiger partial charge is 0.451 e. The molecule has 1 aromatic carbocycles. The van der Waals surface area contributed by atoms with E-state index in [0.717, 1.165) is 0 Å². The number of nitrogens with one attached hydrogen (secondary N) is 2. The van der Waals surface area contributed by atoms with Crippen LogP contribution in [-0.2, 0) is 9.53 Å². The highest BCUT2D eigenvalue weighted by molar-refractivity contribution is 5.98. The Morgan fingerprint density at radius 2 is 1.96 bits per heavy atom. The van der Waals surface area contributed by atoms with Gasteiger partial charge in [-0.05, 0) is 25.1 Å². The minimum atomic E-state index is -3.04. The molecule has 132 valence electrons. The number of carbonyl (C=O) groups excluding carboxylic acids is 3. The molecule has 2 aromatic rings. The summed E-state index contributed by atoms with van der Waals surface area (Å²) in [5, 5.41) is 2.31. The molecule has 2 N–H and O–H groups in total. The Morgan fingerprint density at radius 3 is 2.60 bits per heavy atom. The molecule has 0 atom stereocenters. The number of ether oxygens (including phenoxy) is 2. The zero-order chi connectivity index (χ0) is 18.4. The van der Waals surface area contributed by atoms with E-state index in [-0.39, 0.29) is 22.9 Å². The van der Waals surface area contributed by atoms with Gasteiger partial charge in [-0.15, -0.1) is 0 Å². The summed E-state index contributed by atoms with van der Waals surface area (Å²) in [4.78, 5) is 37.3. The van der Waals surface area contributed by atoms with Crippen LogP contribution in [0.1, 0.15) is 27.8 Å². The van der Waals surface area contributed by atoms with Crippen molar-refractivity contribution in [3.05, 3.63) is 47.8 Å². The molecular formula is C16H14F2N2O5. The Morgan fingerprint density at radius 1 is 1.24 bits per heavy atom. The lowest BCUT2D eigenvalue weighted by atomic mass is 10.2. The molecule has 0 saturated carbocycles. The zero-order valence-corrected chi connectivity index (χ0v) is 13.0. The fraction of sp³-hybridized carbons (Fsp3) is 0.188. The summed E-state index contributed by atoms with van der Waals surface area (Å²) in [6.07, 6.45) is 1.34. The molecule has 7 nitrogen and oxygen atoms in total. The third-order valence-electron chi connectivity index (χ3n) is 3.02. The molecular weight excluding hydrogens is 338 g/mol. The van der Waals surface area contributed by atoms with E-state index in [1.165, 1.54) is 43.5 Å². The molecule has 9 heteroatoms. The first-order valence-electron chi connectivity index (χ1n) is 7.07. The average molecular weight is 352 g/mol. The number of alkyl halides is 2. The number of hydrogen-bond donors (Lipinski definition) is 2. The highest BCUT2D eigenvalue weighted by Gasteiger charge is 2.15. The van der Waals surface area contributed by atoms with Gasteiger partial charge < -0.3 is 19.8 Å². The van der Waals surface area contributed by atoms with Crippen molar-refractivity contribution in [1.82, 2.24) is 4.98 Å². The number of halogens is 2. The van der Waals surface area contributed by atoms with Crippen molar-refractivity contribution in [1.29, 1.82) is 0 Å². The minimum Gasteiger partial charge on any atom is -0.451 e. The maximum Gasteiger partial charge on any atom is 0.387 e.